The molecule has 0 spiro atoms. The Morgan fingerprint density at radius 3 is 2.76 bits per heavy atom. The Bertz CT molecular complexity index is 1080. The van der Waals surface area contributed by atoms with Crippen molar-refractivity contribution < 1.29 is 4.42 Å². The van der Waals surface area contributed by atoms with Crippen molar-refractivity contribution in [2.24, 2.45) is 0 Å². The Labute approximate surface area is 146 Å². The zero-order valence-corrected chi connectivity index (χ0v) is 14.5. The number of aromatic nitrogens is 2. The fourth-order valence-corrected chi connectivity index (χ4v) is 3.85. The van der Waals surface area contributed by atoms with Gasteiger partial charge in [0.05, 0.1) is 11.7 Å². The number of hydrogen-bond donors (Lipinski definition) is 0. The molecule has 2 aromatic heterocycles. The second-order valence-corrected chi connectivity index (χ2v) is 7.06. The first kappa shape index (κ1) is 14.5. The largest absolute Gasteiger partial charge is 0.460 e. The summed E-state index contributed by atoms with van der Waals surface area (Å²) in [4.78, 5) is 0. The summed E-state index contributed by atoms with van der Waals surface area (Å²) in [5.41, 5.74) is 6.25. The number of furan rings is 1. The van der Waals surface area contributed by atoms with Gasteiger partial charge in [0.15, 0.2) is 0 Å². The second kappa shape index (κ2) is 5.35. The third-order valence-corrected chi connectivity index (χ3v) is 5.11. The fraction of sp³-hybridized carbons (Fsp3) is 0.227. The van der Waals surface area contributed by atoms with E-state index in [4.69, 9.17) is 4.42 Å². The fourth-order valence-electron chi connectivity index (χ4n) is 3.85. The molecular formula is C22H20N2O. The average Bonchev–Trinajstić information content (AvgIpc) is 3.25. The lowest BCUT2D eigenvalue weighted by Crippen LogP contribution is -2.01. The van der Waals surface area contributed by atoms with Crippen LogP contribution >= 0.6 is 0 Å². The van der Waals surface area contributed by atoms with Gasteiger partial charge in [0.2, 0.25) is 0 Å². The first-order valence-corrected chi connectivity index (χ1v) is 8.89. The van der Waals surface area contributed by atoms with Crippen molar-refractivity contribution in [2.45, 2.75) is 32.7 Å². The monoisotopic (exact) mass is 328 g/mol. The molecule has 0 atom stereocenters. The van der Waals surface area contributed by atoms with Gasteiger partial charge in [-0.3, -0.25) is 4.68 Å². The lowest BCUT2D eigenvalue weighted by atomic mass is 9.90. The van der Waals surface area contributed by atoms with E-state index in [9.17, 15) is 0 Å². The minimum Gasteiger partial charge on any atom is -0.460 e. The highest BCUT2D eigenvalue weighted by molar-refractivity contribution is 5.85. The van der Waals surface area contributed by atoms with Gasteiger partial charge in [0.25, 0.3) is 0 Å². The summed E-state index contributed by atoms with van der Waals surface area (Å²) in [7, 11) is 0. The molecule has 5 rings (SSSR count). The van der Waals surface area contributed by atoms with E-state index < -0.39 is 0 Å². The minimum atomic E-state index is 0.357. The van der Waals surface area contributed by atoms with Gasteiger partial charge in [-0.25, -0.2) is 0 Å². The second-order valence-electron chi connectivity index (χ2n) is 7.06. The number of nitrogens with zero attached hydrogens (tertiary/aromatic N) is 2. The van der Waals surface area contributed by atoms with Gasteiger partial charge in [0, 0.05) is 29.0 Å². The van der Waals surface area contributed by atoms with E-state index in [-0.39, 0.29) is 0 Å². The summed E-state index contributed by atoms with van der Waals surface area (Å²) in [6.07, 6.45) is 3.97. The quantitative estimate of drug-likeness (QED) is 0.476. The van der Waals surface area contributed by atoms with Crippen LogP contribution in [0.5, 0.6) is 0 Å². The zero-order chi connectivity index (χ0) is 17.0. The lowest BCUT2D eigenvalue weighted by Gasteiger charge is -2.14. The van der Waals surface area contributed by atoms with E-state index in [1.807, 2.05) is 6.20 Å². The van der Waals surface area contributed by atoms with Crippen molar-refractivity contribution in [3.8, 4) is 22.5 Å². The predicted molar refractivity (Wildman–Crippen MR) is 101 cm³/mol. The first-order valence-electron chi connectivity index (χ1n) is 8.89. The Balaban J connectivity index is 1.61. The van der Waals surface area contributed by atoms with Crippen LogP contribution in [0.2, 0.25) is 0 Å². The van der Waals surface area contributed by atoms with Gasteiger partial charge in [-0.05, 0) is 55.7 Å². The number of fused-ring (bicyclic) bond motifs is 4. The summed E-state index contributed by atoms with van der Waals surface area (Å²) in [6.45, 7) is 4.30. The summed E-state index contributed by atoms with van der Waals surface area (Å²) in [5, 5.41) is 5.66. The maximum Gasteiger partial charge on any atom is 0.134 e. The molecule has 124 valence electrons. The van der Waals surface area contributed by atoms with E-state index in [0.29, 0.717) is 6.04 Å². The highest BCUT2D eigenvalue weighted by Gasteiger charge is 2.21. The standard InChI is InChI=1S/C22H20N2O/c1-14(2)24-20-9-7-16(11-17(20)13-23-24)22-12-19-18-6-4-3-5-15(18)8-10-21(19)25-22/h3-7,9,11-14H,8,10H2,1-2H3. The molecule has 0 amide bonds. The molecule has 1 aliphatic carbocycles. The Kier molecular flexibility index (Phi) is 3.11. The number of hydrogen-bond acceptors (Lipinski definition) is 2. The van der Waals surface area contributed by atoms with Gasteiger partial charge in [-0.2, -0.15) is 5.10 Å². The van der Waals surface area contributed by atoms with Crippen molar-refractivity contribution in [3.05, 3.63) is 66.1 Å². The van der Waals surface area contributed by atoms with Crippen LogP contribution in [0.1, 0.15) is 31.2 Å². The normalized spacial score (nSPS) is 13.2. The molecule has 0 radical (unpaired) electrons. The molecule has 0 unspecified atom stereocenters. The number of benzene rings is 2. The lowest BCUT2D eigenvalue weighted by molar-refractivity contribution is 0.520. The van der Waals surface area contributed by atoms with Crippen LogP contribution < -0.4 is 0 Å². The molecule has 25 heavy (non-hydrogen) atoms. The summed E-state index contributed by atoms with van der Waals surface area (Å²) >= 11 is 0. The van der Waals surface area contributed by atoms with Crippen molar-refractivity contribution in [2.75, 3.05) is 0 Å². The van der Waals surface area contributed by atoms with Crippen molar-refractivity contribution in [1.82, 2.24) is 9.78 Å². The van der Waals surface area contributed by atoms with Gasteiger partial charge in [-0.1, -0.05) is 24.3 Å². The summed E-state index contributed by atoms with van der Waals surface area (Å²) < 4.78 is 8.28. The van der Waals surface area contributed by atoms with Crippen molar-refractivity contribution in [1.29, 1.82) is 0 Å². The van der Waals surface area contributed by atoms with Crippen LogP contribution in [0, 0.1) is 0 Å². The Morgan fingerprint density at radius 1 is 1.00 bits per heavy atom. The van der Waals surface area contributed by atoms with Crippen LogP contribution in [0.25, 0.3) is 33.4 Å². The molecule has 2 heterocycles. The topological polar surface area (TPSA) is 31.0 Å². The van der Waals surface area contributed by atoms with Crippen LogP contribution in [-0.4, -0.2) is 9.78 Å². The van der Waals surface area contributed by atoms with Crippen molar-refractivity contribution >= 4 is 10.9 Å². The molecule has 4 aromatic rings. The van der Waals surface area contributed by atoms with Gasteiger partial charge in [0.1, 0.15) is 11.5 Å². The van der Waals surface area contributed by atoms with Crippen LogP contribution in [0.4, 0.5) is 0 Å². The molecular weight excluding hydrogens is 308 g/mol. The number of aryl methyl sites for hydroxylation is 2. The molecule has 0 N–H and O–H groups in total. The maximum atomic E-state index is 6.22. The highest BCUT2D eigenvalue weighted by Crippen LogP contribution is 2.39. The smallest absolute Gasteiger partial charge is 0.134 e. The van der Waals surface area contributed by atoms with Gasteiger partial charge >= 0.3 is 0 Å². The molecule has 0 aliphatic heterocycles. The highest BCUT2D eigenvalue weighted by atomic mass is 16.3. The van der Waals surface area contributed by atoms with Crippen LogP contribution in [-0.2, 0) is 12.8 Å². The van der Waals surface area contributed by atoms with E-state index in [0.717, 1.165) is 35.3 Å². The van der Waals surface area contributed by atoms with Gasteiger partial charge < -0.3 is 4.42 Å². The SMILES string of the molecule is CC(C)n1ncc2cc(-c3cc4c(o3)CCc3ccccc3-4)ccc21. The third kappa shape index (κ3) is 2.23. The van der Waals surface area contributed by atoms with E-state index in [1.54, 1.807) is 0 Å². The first-order chi connectivity index (χ1) is 12.2. The zero-order valence-electron chi connectivity index (χ0n) is 14.5. The maximum absolute atomic E-state index is 6.22. The molecule has 0 bridgehead atoms. The van der Waals surface area contributed by atoms with Crippen LogP contribution in [0.15, 0.2) is 59.1 Å². The molecule has 2 aromatic carbocycles. The van der Waals surface area contributed by atoms with Gasteiger partial charge in [-0.15, -0.1) is 0 Å². The Morgan fingerprint density at radius 2 is 1.88 bits per heavy atom. The summed E-state index contributed by atoms with van der Waals surface area (Å²) in [5.74, 6) is 2.05. The van der Waals surface area contributed by atoms with E-state index in [2.05, 4.69) is 72.2 Å². The predicted octanol–water partition coefficient (Wildman–Crippen LogP) is 5.64. The van der Waals surface area contributed by atoms with E-state index >= 15 is 0 Å². The van der Waals surface area contributed by atoms with Crippen molar-refractivity contribution in [3.63, 3.8) is 0 Å². The van der Waals surface area contributed by atoms with Crippen LogP contribution in [0.3, 0.4) is 0 Å². The minimum absolute atomic E-state index is 0.357. The Hall–Kier alpha value is -2.81. The molecule has 0 saturated heterocycles. The molecule has 0 saturated carbocycles. The number of rotatable bonds is 2. The third-order valence-electron chi connectivity index (χ3n) is 5.11. The van der Waals surface area contributed by atoms with E-state index in [1.165, 1.54) is 22.2 Å². The average molecular weight is 328 g/mol. The summed E-state index contributed by atoms with van der Waals surface area (Å²) in [6, 6.07) is 17.7. The molecule has 3 nitrogen and oxygen atoms in total. The molecule has 3 heteroatoms. The molecule has 1 aliphatic rings. The molecule has 0 fully saturated rings.